The van der Waals surface area contributed by atoms with Crippen molar-refractivity contribution in [1.82, 2.24) is 9.80 Å². The summed E-state index contributed by atoms with van der Waals surface area (Å²) in [5.41, 5.74) is 2.42. The van der Waals surface area contributed by atoms with Crippen LogP contribution in [0.5, 0.6) is 0 Å². The highest BCUT2D eigenvalue weighted by Gasteiger charge is 2.32. The Hall–Kier alpha value is -4.32. The van der Waals surface area contributed by atoms with E-state index in [4.69, 9.17) is 0 Å². The van der Waals surface area contributed by atoms with Crippen LogP contribution in [0.2, 0.25) is 0 Å². The smallest absolute Gasteiger partial charge is 0.261 e. The Morgan fingerprint density at radius 3 is 1.79 bits per heavy atom. The summed E-state index contributed by atoms with van der Waals surface area (Å²) in [5.74, 6) is -0.991. The molecule has 0 atom stereocenters. The number of carbonyl (C=O) groups excluding carboxylic acids is 4. The minimum atomic E-state index is -0.368. The Kier molecular flexibility index (Phi) is 3.73. The van der Waals surface area contributed by atoms with E-state index in [9.17, 15) is 19.2 Å². The van der Waals surface area contributed by atoms with Gasteiger partial charge in [-0.1, -0.05) is 30.3 Å². The molecule has 160 valence electrons. The number of fused-ring (bicyclic) bond motifs is 2. The molecule has 6 heteroatoms. The van der Waals surface area contributed by atoms with Gasteiger partial charge in [0.1, 0.15) is 0 Å². The number of hydrogen-bond donors (Lipinski definition) is 0. The number of hydrogen-bond acceptors (Lipinski definition) is 4. The molecule has 0 N–H and O–H groups in total. The van der Waals surface area contributed by atoms with Gasteiger partial charge in [0, 0.05) is 36.2 Å². The van der Waals surface area contributed by atoms with Crippen LogP contribution < -0.4 is 0 Å². The minimum Gasteiger partial charge on any atom is -0.284 e. The average Bonchev–Trinajstić information content (AvgIpc) is 2.84. The third-order valence-corrected chi connectivity index (χ3v) is 6.89. The van der Waals surface area contributed by atoms with Crippen molar-refractivity contribution in [1.29, 1.82) is 0 Å². The van der Waals surface area contributed by atoms with Crippen LogP contribution in [-0.4, -0.2) is 48.0 Å². The van der Waals surface area contributed by atoms with E-state index in [1.54, 1.807) is 18.2 Å². The summed E-state index contributed by atoms with van der Waals surface area (Å²) in [4.78, 5) is 52.1. The molecule has 1 heterocycles. The molecule has 1 aliphatic heterocycles. The number of imide groups is 2. The van der Waals surface area contributed by atoms with Crippen LogP contribution in [-0.2, 0) is 4.79 Å². The summed E-state index contributed by atoms with van der Waals surface area (Å²) in [6, 6.07) is 15.0. The van der Waals surface area contributed by atoms with E-state index in [2.05, 4.69) is 0 Å². The number of rotatable bonds is 2. The molecule has 6 nitrogen and oxygen atoms in total. The van der Waals surface area contributed by atoms with Crippen molar-refractivity contribution >= 4 is 67.2 Å². The summed E-state index contributed by atoms with van der Waals surface area (Å²) in [6.45, 7) is 1.95. The van der Waals surface area contributed by atoms with Gasteiger partial charge in [0.2, 0.25) is 6.41 Å². The highest BCUT2D eigenvalue weighted by atomic mass is 16.2. The first kappa shape index (κ1) is 19.4. The Bertz CT molecular complexity index is 1660. The molecule has 4 amide bonds. The molecule has 33 heavy (non-hydrogen) atoms. The van der Waals surface area contributed by atoms with Crippen molar-refractivity contribution in [3.63, 3.8) is 0 Å². The molecule has 0 bridgehead atoms. The molecule has 0 radical (unpaired) electrons. The summed E-state index contributed by atoms with van der Waals surface area (Å²) in [6.07, 6.45) is 0.510. The van der Waals surface area contributed by atoms with Crippen LogP contribution in [0.25, 0.3) is 43.1 Å². The fourth-order valence-electron chi connectivity index (χ4n) is 5.29. The molecular formula is C27H18N2O4. The zero-order chi connectivity index (χ0) is 23.2. The zero-order valence-corrected chi connectivity index (χ0v) is 18.2. The zero-order valence-electron chi connectivity index (χ0n) is 18.2. The fraction of sp³-hybridized carbons (Fsp3) is 0.111. The monoisotopic (exact) mass is 434 g/mol. The van der Waals surface area contributed by atoms with Gasteiger partial charge in [0.15, 0.2) is 0 Å². The Morgan fingerprint density at radius 2 is 1.24 bits per heavy atom. The molecule has 6 rings (SSSR count). The van der Waals surface area contributed by atoms with Gasteiger partial charge in [-0.25, -0.2) is 0 Å². The number of aryl methyl sites for hydroxylation is 1. The lowest BCUT2D eigenvalue weighted by molar-refractivity contribution is -0.115. The van der Waals surface area contributed by atoms with Gasteiger partial charge in [0.05, 0.1) is 0 Å². The first-order chi connectivity index (χ1) is 15.8. The maximum absolute atomic E-state index is 13.0. The molecule has 1 aliphatic rings. The average molecular weight is 434 g/mol. The van der Waals surface area contributed by atoms with Crippen LogP contribution in [0.1, 0.15) is 36.6 Å². The molecular weight excluding hydrogens is 416 g/mol. The molecule has 0 fully saturated rings. The molecule has 0 spiro atoms. The van der Waals surface area contributed by atoms with E-state index < -0.39 is 0 Å². The summed E-state index contributed by atoms with van der Waals surface area (Å²) in [5, 5.41) is 6.99. The van der Waals surface area contributed by atoms with Gasteiger partial charge >= 0.3 is 0 Å². The highest BCUT2D eigenvalue weighted by Crippen LogP contribution is 2.44. The highest BCUT2D eigenvalue weighted by molar-refractivity contribution is 6.39. The van der Waals surface area contributed by atoms with Crippen molar-refractivity contribution < 1.29 is 19.2 Å². The molecule has 0 saturated heterocycles. The Morgan fingerprint density at radius 1 is 0.758 bits per heavy atom. The lowest BCUT2D eigenvalue weighted by atomic mass is 9.83. The number of carbonyl (C=O) groups is 4. The van der Waals surface area contributed by atoms with Gasteiger partial charge in [-0.15, -0.1) is 0 Å². The standard InChI is InChI=1S/C27H18N2O4/c1-13-4-5-14-16-7-10-19-24-20(27(33)29(3)26(19)32)11-8-17(23(16)24)15-6-9-18(21(13)22(14)15)25(31)28(2)12-30/h4-12H,1-3H3. The third kappa shape index (κ3) is 2.27. The second-order valence-corrected chi connectivity index (χ2v) is 8.60. The molecule has 0 aromatic heterocycles. The largest absolute Gasteiger partial charge is 0.284 e. The summed E-state index contributed by atoms with van der Waals surface area (Å²) < 4.78 is 0. The van der Waals surface area contributed by atoms with E-state index >= 15 is 0 Å². The number of benzene rings is 5. The van der Waals surface area contributed by atoms with Crippen LogP contribution in [0, 0.1) is 6.92 Å². The van der Waals surface area contributed by atoms with Gasteiger partial charge in [-0.3, -0.25) is 29.0 Å². The van der Waals surface area contributed by atoms with Crippen molar-refractivity contribution in [2.75, 3.05) is 14.1 Å². The molecule has 0 saturated carbocycles. The quantitative estimate of drug-likeness (QED) is 0.177. The van der Waals surface area contributed by atoms with E-state index in [1.807, 2.05) is 37.3 Å². The maximum Gasteiger partial charge on any atom is 0.261 e. The first-order valence-electron chi connectivity index (χ1n) is 10.6. The van der Waals surface area contributed by atoms with Gasteiger partial charge in [-0.05, 0) is 68.4 Å². The van der Waals surface area contributed by atoms with Crippen molar-refractivity contribution in [2.24, 2.45) is 0 Å². The Balaban J connectivity index is 1.86. The predicted octanol–water partition coefficient (Wildman–Crippen LogP) is 4.50. The first-order valence-corrected chi connectivity index (χ1v) is 10.6. The second kappa shape index (κ2) is 6.36. The molecule has 5 aromatic rings. The van der Waals surface area contributed by atoms with Crippen molar-refractivity contribution in [3.05, 3.63) is 70.8 Å². The third-order valence-electron chi connectivity index (χ3n) is 6.89. The van der Waals surface area contributed by atoms with Gasteiger partial charge < -0.3 is 0 Å². The van der Waals surface area contributed by atoms with Crippen LogP contribution >= 0.6 is 0 Å². The normalized spacial score (nSPS) is 13.6. The van der Waals surface area contributed by atoms with Crippen LogP contribution in [0.4, 0.5) is 0 Å². The molecule has 5 aromatic carbocycles. The number of nitrogens with zero attached hydrogens (tertiary/aromatic N) is 2. The lowest BCUT2D eigenvalue weighted by Gasteiger charge is -2.26. The van der Waals surface area contributed by atoms with Crippen LogP contribution in [0.15, 0.2) is 48.5 Å². The lowest BCUT2D eigenvalue weighted by Crippen LogP contribution is -2.36. The van der Waals surface area contributed by atoms with Gasteiger partial charge in [-0.2, -0.15) is 0 Å². The topological polar surface area (TPSA) is 74.8 Å². The summed E-state index contributed by atoms with van der Waals surface area (Å²) in [7, 11) is 2.95. The Labute approximate surface area is 188 Å². The van der Waals surface area contributed by atoms with Crippen molar-refractivity contribution in [3.8, 4) is 0 Å². The van der Waals surface area contributed by atoms with E-state index in [0.717, 1.165) is 53.1 Å². The molecule has 0 unspecified atom stereocenters. The minimum absolute atomic E-state index is 0.311. The van der Waals surface area contributed by atoms with Gasteiger partial charge in [0.25, 0.3) is 17.7 Å². The van der Waals surface area contributed by atoms with E-state index in [1.165, 1.54) is 14.1 Å². The van der Waals surface area contributed by atoms with Crippen LogP contribution in [0.3, 0.4) is 0 Å². The van der Waals surface area contributed by atoms with E-state index in [0.29, 0.717) is 28.5 Å². The SMILES string of the molecule is Cc1ccc2c3ccc4c5c(ccc(c6ccc(C(=O)N(C)C=O)c1c26)c53)C(=O)N(C)C4=O. The predicted molar refractivity (Wildman–Crippen MR) is 127 cm³/mol. The summed E-state index contributed by atoms with van der Waals surface area (Å²) >= 11 is 0. The van der Waals surface area contributed by atoms with Crippen molar-refractivity contribution in [2.45, 2.75) is 6.92 Å². The second-order valence-electron chi connectivity index (χ2n) is 8.60. The molecule has 0 aliphatic carbocycles. The van der Waals surface area contributed by atoms with E-state index in [-0.39, 0.29) is 17.7 Å². The fourth-order valence-corrected chi connectivity index (χ4v) is 5.29. The maximum atomic E-state index is 13.0. The number of amides is 4.